The smallest absolute Gasteiger partial charge is 0.697 e. The molecular weight excluding hydrogens is 387 g/mol. The summed E-state index contributed by atoms with van der Waals surface area (Å²) in [5.74, 6) is 0. The fraction of sp³-hybridized carbons (Fsp3) is 0.261. The zero-order chi connectivity index (χ0) is 20.4. The Bertz CT molecular complexity index is 689. The molecule has 0 fully saturated rings. The van der Waals surface area contributed by atoms with Gasteiger partial charge in [0.25, 0.3) is 0 Å². The van der Waals surface area contributed by atoms with E-state index in [1.165, 1.54) is 0 Å². The average Bonchev–Trinajstić information content (AvgIpc) is 3.25. The molecule has 0 aliphatic rings. The van der Waals surface area contributed by atoms with Crippen molar-refractivity contribution in [3.8, 4) is 27.6 Å². The van der Waals surface area contributed by atoms with Gasteiger partial charge in [0.2, 0.25) is 0 Å². The minimum atomic E-state index is 0. The first-order valence-electron chi connectivity index (χ1n) is 8.93. The Labute approximate surface area is 182 Å². The molecule has 0 saturated heterocycles. The molecule has 3 aromatic rings. The van der Waals surface area contributed by atoms with Gasteiger partial charge in [-0.25, -0.2) is 0 Å². The minimum absolute atomic E-state index is 0. The standard InChI is InChI=1S/C15H11N2S.3C2H6.C2H.V/c1-11-7-9-13(10-8-11)15-17-16-14(18-15)12-5-3-2-4-6-12;4*1-2;/h2-10H,1H2;3*1-2H3;1H;/q-1;;;;-1;+2. The first-order chi connectivity index (χ1) is 12.8. The van der Waals surface area contributed by atoms with Gasteiger partial charge < -0.3 is 12.8 Å². The van der Waals surface area contributed by atoms with Gasteiger partial charge >= 0.3 is 18.6 Å². The predicted molar refractivity (Wildman–Crippen MR) is 117 cm³/mol. The van der Waals surface area contributed by atoms with E-state index < -0.39 is 0 Å². The third-order valence-electron chi connectivity index (χ3n) is 2.65. The first kappa shape index (κ1) is 29.8. The number of terminal acetylenes is 1. The Morgan fingerprint density at radius 3 is 1.48 bits per heavy atom. The SMILES string of the molecule is CC.CC.CC.[C-]#C.[CH2-]c1ccc(-c2nnc(-c3ccccc3)s2)cc1.[V+2]. The molecule has 1 radical (unpaired) electrons. The molecule has 1 aromatic heterocycles. The second-order valence-corrected chi connectivity index (χ2v) is 4.95. The number of hydrogen-bond donors (Lipinski definition) is 0. The van der Waals surface area contributed by atoms with Gasteiger partial charge in [-0.05, 0) is 5.56 Å². The van der Waals surface area contributed by atoms with Crippen LogP contribution in [0.5, 0.6) is 0 Å². The van der Waals surface area contributed by atoms with E-state index in [0.717, 1.165) is 26.7 Å². The zero-order valence-electron chi connectivity index (χ0n) is 17.2. The minimum Gasteiger partial charge on any atom is -0.697 e. The summed E-state index contributed by atoms with van der Waals surface area (Å²) in [6.45, 7) is 15.9. The molecule has 0 aliphatic heterocycles. The summed E-state index contributed by atoms with van der Waals surface area (Å²) >= 11 is 1.60. The molecule has 143 valence electrons. The van der Waals surface area contributed by atoms with Crippen LogP contribution in [0.15, 0.2) is 54.6 Å². The quantitative estimate of drug-likeness (QED) is 0.322. The summed E-state index contributed by atoms with van der Waals surface area (Å²) < 4.78 is 0. The van der Waals surface area contributed by atoms with E-state index in [2.05, 4.69) is 23.5 Å². The van der Waals surface area contributed by atoms with Gasteiger partial charge in [-0.3, -0.25) is 0 Å². The molecule has 2 nitrogen and oxygen atoms in total. The normalized spacial score (nSPS) is 7.70. The van der Waals surface area contributed by atoms with Crippen molar-refractivity contribution in [3.05, 3.63) is 73.5 Å². The Kier molecular flexibility index (Phi) is 22.4. The maximum absolute atomic E-state index is 5.25. The number of aromatic nitrogens is 2. The van der Waals surface area contributed by atoms with E-state index in [0.29, 0.717) is 0 Å². The van der Waals surface area contributed by atoms with Crippen LogP contribution in [0.4, 0.5) is 0 Å². The Morgan fingerprint density at radius 1 is 0.704 bits per heavy atom. The van der Waals surface area contributed by atoms with Crippen molar-refractivity contribution in [2.24, 2.45) is 0 Å². The molecule has 27 heavy (non-hydrogen) atoms. The monoisotopic (exact) mass is 417 g/mol. The van der Waals surface area contributed by atoms with E-state index in [9.17, 15) is 0 Å². The number of hydrogen-bond acceptors (Lipinski definition) is 3. The van der Waals surface area contributed by atoms with Gasteiger partial charge in [0.05, 0.1) is 0 Å². The van der Waals surface area contributed by atoms with Crippen molar-refractivity contribution in [3.63, 3.8) is 0 Å². The van der Waals surface area contributed by atoms with Crippen molar-refractivity contribution in [2.75, 3.05) is 0 Å². The van der Waals surface area contributed by atoms with E-state index in [1.54, 1.807) is 11.3 Å². The van der Waals surface area contributed by atoms with Crippen LogP contribution >= 0.6 is 11.3 Å². The van der Waals surface area contributed by atoms with E-state index in [4.69, 9.17) is 6.42 Å². The third-order valence-corrected chi connectivity index (χ3v) is 3.67. The van der Waals surface area contributed by atoms with Crippen LogP contribution in [0.25, 0.3) is 21.1 Å². The van der Waals surface area contributed by atoms with Gasteiger partial charge in [0, 0.05) is 5.56 Å². The molecule has 3 rings (SSSR count). The Hall–Kier alpha value is -1.99. The fourth-order valence-corrected chi connectivity index (χ4v) is 2.54. The van der Waals surface area contributed by atoms with Gasteiger partial charge in [-0.2, -0.15) is 24.6 Å². The molecule has 0 amide bonds. The molecule has 0 aliphatic carbocycles. The van der Waals surface area contributed by atoms with E-state index >= 15 is 0 Å². The number of benzene rings is 2. The first-order valence-corrected chi connectivity index (χ1v) is 9.75. The zero-order valence-corrected chi connectivity index (χ0v) is 19.4. The van der Waals surface area contributed by atoms with Crippen LogP contribution in [-0.4, -0.2) is 10.2 Å². The molecule has 0 unspecified atom stereocenters. The second kappa shape index (κ2) is 20.3. The third kappa shape index (κ3) is 10.7. The molecule has 0 bridgehead atoms. The Morgan fingerprint density at radius 2 is 1.07 bits per heavy atom. The molecule has 1 heterocycles. The molecule has 2 aromatic carbocycles. The van der Waals surface area contributed by atoms with Crippen LogP contribution in [0.1, 0.15) is 47.1 Å². The Balaban J connectivity index is -0.000000572. The van der Waals surface area contributed by atoms with Crippen molar-refractivity contribution in [2.45, 2.75) is 41.5 Å². The molecule has 0 spiro atoms. The van der Waals surface area contributed by atoms with Gasteiger partial charge in [-0.15, -0.1) is 22.3 Å². The van der Waals surface area contributed by atoms with Crippen molar-refractivity contribution >= 4 is 11.3 Å². The van der Waals surface area contributed by atoms with Gasteiger partial charge in [0.15, 0.2) is 0 Å². The largest absolute Gasteiger partial charge is 2.00 e. The van der Waals surface area contributed by atoms with Crippen molar-refractivity contribution < 1.29 is 18.6 Å². The molecule has 0 saturated carbocycles. The fourth-order valence-electron chi connectivity index (χ4n) is 1.68. The van der Waals surface area contributed by atoms with Crippen molar-refractivity contribution in [1.82, 2.24) is 10.2 Å². The number of rotatable bonds is 2. The predicted octanol–water partition coefficient (Wildman–Crippen LogP) is 7.34. The van der Waals surface area contributed by atoms with Crippen LogP contribution in [0.3, 0.4) is 0 Å². The summed E-state index contributed by atoms with van der Waals surface area (Å²) in [6, 6.07) is 18.1. The van der Waals surface area contributed by atoms with Gasteiger partial charge in [-0.1, -0.05) is 83.2 Å². The van der Waals surface area contributed by atoms with Gasteiger partial charge in [0.1, 0.15) is 10.0 Å². The number of nitrogens with zero attached hydrogens (tertiary/aromatic N) is 2. The van der Waals surface area contributed by atoms with Crippen LogP contribution in [0.2, 0.25) is 0 Å². The van der Waals surface area contributed by atoms with Crippen LogP contribution < -0.4 is 0 Å². The summed E-state index contributed by atoms with van der Waals surface area (Å²) in [7, 11) is 0. The summed E-state index contributed by atoms with van der Waals surface area (Å²) in [5.41, 5.74) is 3.20. The second-order valence-electron chi connectivity index (χ2n) is 3.98. The molecular formula is C23H30N2SV. The summed E-state index contributed by atoms with van der Waals surface area (Å²) in [6.07, 6.45) is 9.00. The van der Waals surface area contributed by atoms with Crippen molar-refractivity contribution in [1.29, 1.82) is 0 Å². The average molecular weight is 418 g/mol. The molecule has 0 N–H and O–H groups in total. The topological polar surface area (TPSA) is 25.8 Å². The summed E-state index contributed by atoms with van der Waals surface area (Å²) in [5, 5.41) is 10.4. The molecule has 0 atom stereocenters. The van der Waals surface area contributed by atoms with E-state index in [1.807, 2.05) is 96.1 Å². The van der Waals surface area contributed by atoms with Crippen LogP contribution in [-0.2, 0) is 18.6 Å². The molecule has 4 heteroatoms. The maximum atomic E-state index is 5.25. The van der Waals surface area contributed by atoms with Crippen LogP contribution in [0, 0.1) is 19.8 Å². The summed E-state index contributed by atoms with van der Waals surface area (Å²) in [4.78, 5) is 0. The van der Waals surface area contributed by atoms with E-state index in [-0.39, 0.29) is 18.6 Å². The maximum Gasteiger partial charge on any atom is 2.00 e.